The van der Waals surface area contributed by atoms with Crippen LogP contribution in [0.25, 0.3) is 0 Å². The lowest BCUT2D eigenvalue weighted by molar-refractivity contribution is 0.0786. The predicted molar refractivity (Wildman–Crippen MR) is 85.1 cm³/mol. The summed E-state index contributed by atoms with van der Waals surface area (Å²) in [4.78, 5) is 15.2. The van der Waals surface area contributed by atoms with E-state index in [0.29, 0.717) is 13.1 Å². The molecule has 0 fully saturated rings. The van der Waals surface area contributed by atoms with Crippen LogP contribution in [-0.2, 0) is 6.54 Å². The Bertz CT molecular complexity index is 661. The molecular formula is C15H16N2OS2. The number of nitrogens with two attached hydrogens (primary N) is 1. The molecule has 5 heteroatoms. The SMILES string of the molecule is Cc1cscc1C(=O)N(C)Cc1cc(C#CCN)cs1. The molecule has 0 aliphatic rings. The summed E-state index contributed by atoms with van der Waals surface area (Å²) < 4.78 is 0. The van der Waals surface area contributed by atoms with Crippen LogP contribution in [0.1, 0.15) is 26.4 Å². The van der Waals surface area contributed by atoms with Crippen LogP contribution in [0.5, 0.6) is 0 Å². The maximum Gasteiger partial charge on any atom is 0.255 e. The first kappa shape index (κ1) is 14.8. The average molecular weight is 304 g/mol. The van der Waals surface area contributed by atoms with Crippen molar-refractivity contribution in [3.63, 3.8) is 0 Å². The highest BCUT2D eigenvalue weighted by Crippen LogP contribution is 2.19. The van der Waals surface area contributed by atoms with Crippen molar-refractivity contribution >= 4 is 28.6 Å². The van der Waals surface area contributed by atoms with Crippen molar-refractivity contribution in [2.45, 2.75) is 13.5 Å². The van der Waals surface area contributed by atoms with E-state index < -0.39 is 0 Å². The van der Waals surface area contributed by atoms with Gasteiger partial charge in [-0.2, -0.15) is 11.3 Å². The quantitative estimate of drug-likeness (QED) is 0.886. The Labute approximate surface area is 127 Å². The lowest BCUT2D eigenvalue weighted by atomic mass is 10.2. The van der Waals surface area contributed by atoms with E-state index in [-0.39, 0.29) is 5.91 Å². The zero-order valence-corrected chi connectivity index (χ0v) is 13.1. The van der Waals surface area contributed by atoms with Crippen molar-refractivity contribution in [3.8, 4) is 11.8 Å². The van der Waals surface area contributed by atoms with E-state index in [9.17, 15) is 4.79 Å². The minimum absolute atomic E-state index is 0.0618. The van der Waals surface area contributed by atoms with Gasteiger partial charge >= 0.3 is 0 Å². The monoisotopic (exact) mass is 304 g/mol. The number of aryl methyl sites for hydroxylation is 1. The molecule has 0 aliphatic heterocycles. The van der Waals surface area contributed by atoms with Gasteiger partial charge in [0, 0.05) is 28.2 Å². The van der Waals surface area contributed by atoms with Gasteiger partial charge in [-0.15, -0.1) is 11.3 Å². The van der Waals surface area contributed by atoms with Crippen LogP contribution in [0, 0.1) is 18.8 Å². The second-order valence-corrected chi connectivity index (χ2v) is 6.18. The Morgan fingerprint density at radius 2 is 2.20 bits per heavy atom. The molecule has 2 N–H and O–H groups in total. The molecule has 0 aliphatic carbocycles. The highest BCUT2D eigenvalue weighted by Gasteiger charge is 2.15. The van der Waals surface area contributed by atoms with Crippen molar-refractivity contribution in [3.05, 3.63) is 43.8 Å². The van der Waals surface area contributed by atoms with E-state index in [4.69, 9.17) is 5.73 Å². The van der Waals surface area contributed by atoms with Gasteiger partial charge in [0.2, 0.25) is 0 Å². The fourth-order valence-corrected chi connectivity index (χ4v) is 3.46. The maximum absolute atomic E-state index is 12.3. The Kier molecular flexibility index (Phi) is 4.96. The molecule has 1 amide bonds. The predicted octanol–water partition coefficient (Wildman–Crippen LogP) is 2.70. The third-order valence-electron chi connectivity index (χ3n) is 2.81. The molecule has 104 valence electrons. The molecule has 2 rings (SSSR count). The third kappa shape index (κ3) is 3.48. The number of carbonyl (C=O) groups excluding carboxylic acids is 1. The van der Waals surface area contributed by atoms with Crippen LogP contribution in [0.3, 0.4) is 0 Å². The van der Waals surface area contributed by atoms with E-state index in [1.165, 1.54) is 0 Å². The zero-order chi connectivity index (χ0) is 14.5. The molecule has 2 aromatic heterocycles. The van der Waals surface area contributed by atoms with Gasteiger partial charge in [0.05, 0.1) is 18.7 Å². The molecule has 0 radical (unpaired) electrons. The number of hydrogen-bond acceptors (Lipinski definition) is 4. The van der Waals surface area contributed by atoms with E-state index in [0.717, 1.165) is 21.6 Å². The van der Waals surface area contributed by atoms with E-state index in [1.807, 2.05) is 36.2 Å². The van der Waals surface area contributed by atoms with Gasteiger partial charge in [-0.3, -0.25) is 4.79 Å². The summed E-state index contributed by atoms with van der Waals surface area (Å²) in [6.07, 6.45) is 0. The van der Waals surface area contributed by atoms with E-state index in [1.54, 1.807) is 27.6 Å². The molecule has 3 nitrogen and oxygen atoms in total. The molecule has 0 spiro atoms. The minimum atomic E-state index is 0.0618. The molecule has 0 saturated heterocycles. The first-order chi connectivity index (χ1) is 9.61. The molecule has 0 atom stereocenters. The van der Waals surface area contributed by atoms with Crippen molar-refractivity contribution in [2.24, 2.45) is 5.73 Å². The second-order valence-electron chi connectivity index (χ2n) is 4.44. The van der Waals surface area contributed by atoms with Crippen LogP contribution in [0.2, 0.25) is 0 Å². The molecule has 0 bridgehead atoms. The summed E-state index contributed by atoms with van der Waals surface area (Å²) >= 11 is 3.17. The number of carbonyl (C=O) groups is 1. The summed E-state index contributed by atoms with van der Waals surface area (Å²) in [6, 6.07) is 2.01. The summed E-state index contributed by atoms with van der Waals surface area (Å²) in [7, 11) is 1.82. The number of nitrogens with zero attached hydrogens (tertiary/aromatic N) is 1. The lowest BCUT2D eigenvalue weighted by Gasteiger charge is -2.15. The molecule has 0 unspecified atom stereocenters. The Hall–Kier alpha value is -1.61. The van der Waals surface area contributed by atoms with Crippen LogP contribution in [-0.4, -0.2) is 24.4 Å². The number of amides is 1. The van der Waals surface area contributed by atoms with Crippen molar-refractivity contribution in [1.29, 1.82) is 0 Å². The first-order valence-corrected chi connectivity index (χ1v) is 7.98. The van der Waals surface area contributed by atoms with Gasteiger partial charge in [-0.05, 0) is 23.9 Å². The molecular weight excluding hydrogens is 288 g/mol. The summed E-state index contributed by atoms with van der Waals surface area (Å²) in [5, 5.41) is 5.89. The van der Waals surface area contributed by atoms with Crippen LogP contribution < -0.4 is 5.73 Å². The number of rotatable bonds is 3. The van der Waals surface area contributed by atoms with Gasteiger partial charge in [-0.1, -0.05) is 11.8 Å². The molecule has 0 aromatic carbocycles. The normalized spacial score (nSPS) is 9.95. The second kappa shape index (κ2) is 6.71. The first-order valence-electron chi connectivity index (χ1n) is 6.16. The van der Waals surface area contributed by atoms with Crippen LogP contribution >= 0.6 is 22.7 Å². The van der Waals surface area contributed by atoms with Crippen molar-refractivity contribution in [1.82, 2.24) is 4.90 Å². The van der Waals surface area contributed by atoms with Gasteiger partial charge in [0.25, 0.3) is 5.91 Å². The highest BCUT2D eigenvalue weighted by molar-refractivity contribution is 7.10. The van der Waals surface area contributed by atoms with Gasteiger partial charge in [0.1, 0.15) is 0 Å². The summed E-state index contributed by atoms with van der Waals surface area (Å²) in [5.74, 6) is 5.89. The van der Waals surface area contributed by atoms with Crippen LogP contribution in [0.15, 0.2) is 22.2 Å². The smallest absolute Gasteiger partial charge is 0.255 e. The summed E-state index contributed by atoms with van der Waals surface area (Å²) in [6.45, 7) is 2.92. The molecule has 2 heterocycles. The summed E-state index contributed by atoms with van der Waals surface area (Å²) in [5.41, 5.74) is 8.13. The fraction of sp³-hybridized carbons (Fsp3) is 0.267. The topological polar surface area (TPSA) is 46.3 Å². The lowest BCUT2D eigenvalue weighted by Crippen LogP contribution is -2.25. The van der Waals surface area contributed by atoms with Gasteiger partial charge in [0.15, 0.2) is 0 Å². The van der Waals surface area contributed by atoms with Crippen LogP contribution in [0.4, 0.5) is 0 Å². The number of thiophene rings is 2. The molecule has 0 saturated carbocycles. The fourth-order valence-electron chi connectivity index (χ4n) is 1.77. The Morgan fingerprint density at radius 1 is 1.40 bits per heavy atom. The highest BCUT2D eigenvalue weighted by atomic mass is 32.1. The van der Waals surface area contributed by atoms with E-state index >= 15 is 0 Å². The number of hydrogen-bond donors (Lipinski definition) is 1. The maximum atomic E-state index is 12.3. The molecule has 20 heavy (non-hydrogen) atoms. The van der Waals surface area contributed by atoms with Gasteiger partial charge < -0.3 is 10.6 Å². The Morgan fingerprint density at radius 3 is 2.85 bits per heavy atom. The van der Waals surface area contributed by atoms with Crippen molar-refractivity contribution in [2.75, 3.05) is 13.6 Å². The molecule has 2 aromatic rings. The van der Waals surface area contributed by atoms with Gasteiger partial charge in [-0.25, -0.2) is 0 Å². The third-order valence-corrected chi connectivity index (χ3v) is 4.60. The van der Waals surface area contributed by atoms with Crippen molar-refractivity contribution < 1.29 is 4.79 Å². The Balaban J connectivity index is 2.04. The minimum Gasteiger partial charge on any atom is -0.337 e. The zero-order valence-electron chi connectivity index (χ0n) is 11.5. The average Bonchev–Trinajstić information content (AvgIpc) is 3.04. The standard InChI is InChI=1S/C15H16N2OS2/c1-11-8-19-10-14(11)15(18)17(2)7-13-6-12(9-20-13)4-3-5-16/h6,8-10H,5,7,16H2,1-2H3. The van der Waals surface area contributed by atoms with E-state index in [2.05, 4.69) is 11.8 Å². The largest absolute Gasteiger partial charge is 0.337 e.